The number of fused-ring (bicyclic) bond motifs is 4. The summed E-state index contributed by atoms with van der Waals surface area (Å²) < 4.78 is 8.80. The quantitative estimate of drug-likeness (QED) is 0.278. The molecule has 0 atom stereocenters. The molecule has 33 heavy (non-hydrogen) atoms. The van der Waals surface area contributed by atoms with Crippen molar-refractivity contribution >= 4 is 32.7 Å². The standard InChI is InChI=1S/C30H21N2O/c1-19-13-15-24-25-16-14-21(18-31)28(23-11-7-9-20-8-3-4-10-22(20)23)30(25)33-29(24)27(19)26-12-5-6-17-32(26)2/h3-17H,1-2H3/q+1. The van der Waals surface area contributed by atoms with Crippen molar-refractivity contribution in [1.29, 1.82) is 5.26 Å². The molecular formula is C30H21N2O+. The van der Waals surface area contributed by atoms with Crippen LogP contribution in [-0.2, 0) is 7.05 Å². The minimum Gasteiger partial charge on any atom is -0.454 e. The van der Waals surface area contributed by atoms with Crippen LogP contribution in [0.4, 0.5) is 0 Å². The van der Waals surface area contributed by atoms with Gasteiger partial charge in [0.2, 0.25) is 5.69 Å². The molecule has 3 heteroatoms. The molecule has 2 heterocycles. The molecule has 6 rings (SSSR count). The largest absolute Gasteiger partial charge is 0.454 e. The molecular weight excluding hydrogens is 404 g/mol. The number of hydrogen-bond acceptors (Lipinski definition) is 2. The van der Waals surface area contributed by atoms with Gasteiger partial charge in [-0.1, -0.05) is 54.6 Å². The van der Waals surface area contributed by atoms with Crippen LogP contribution in [0.2, 0.25) is 0 Å². The van der Waals surface area contributed by atoms with Crippen molar-refractivity contribution < 1.29 is 8.98 Å². The number of rotatable bonds is 2. The maximum Gasteiger partial charge on any atom is 0.216 e. The van der Waals surface area contributed by atoms with Crippen LogP contribution >= 0.6 is 0 Å². The molecule has 0 fully saturated rings. The second-order valence-electron chi connectivity index (χ2n) is 8.44. The van der Waals surface area contributed by atoms with Gasteiger partial charge in [-0.2, -0.15) is 5.26 Å². The van der Waals surface area contributed by atoms with Crippen molar-refractivity contribution in [3.63, 3.8) is 0 Å². The molecule has 0 unspecified atom stereocenters. The Bertz CT molecular complexity index is 1750. The Kier molecular flexibility index (Phi) is 4.28. The first-order valence-corrected chi connectivity index (χ1v) is 11.0. The highest BCUT2D eigenvalue weighted by Gasteiger charge is 2.23. The van der Waals surface area contributed by atoms with E-state index in [-0.39, 0.29) is 0 Å². The number of pyridine rings is 1. The predicted molar refractivity (Wildman–Crippen MR) is 133 cm³/mol. The van der Waals surface area contributed by atoms with Crippen LogP contribution in [0, 0.1) is 18.3 Å². The monoisotopic (exact) mass is 425 g/mol. The van der Waals surface area contributed by atoms with Gasteiger partial charge in [-0.3, -0.25) is 0 Å². The van der Waals surface area contributed by atoms with Gasteiger partial charge in [-0.05, 0) is 47.0 Å². The summed E-state index contributed by atoms with van der Waals surface area (Å²) in [7, 11) is 2.05. The van der Waals surface area contributed by atoms with E-state index >= 15 is 0 Å². The molecule has 0 aliphatic carbocycles. The molecule has 0 saturated heterocycles. The minimum atomic E-state index is 0.612. The van der Waals surface area contributed by atoms with Gasteiger partial charge < -0.3 is 4.42 Å². The fourth-order valence-electron chi connectivity index (χ4n) is 4.91. The summed E-state index contributed by atoms with van der Waals surface area (Å²) >= 11 is 0. The molecule has 0 radical (unpaired) electrons. The predicted octanol–water partition coefficient (Wildman–Crippen LogP) is 7.08. The Balaban J connectivity index is 1.77. The van der Waals surface area contributed by atoms with E-state index in [1.54, 1.807) is 0 Å². The number of nitrogens with zero attached hydrogens (tertiary/aromatic N) is 2. The number of benzene rings is 4. The molecule has 2 aromatic heterocycles. The number of nitriles is 1. The average Bonchev–Trinajstić information content (AvgIpc) is 3.22. The zero-order chi connectivity index (χ0) is 22.5. The molecule has 0 aliphatic heterocycles. The van der Waals surface area contributed by atoms with Gasteiger partial charge in [0.15, 0.2) is 6.20 Å². The summed E-state index contributed by atoms with van der Waals surface area (Å²) in [6.45, 7) is 2.11. The average molecular weight is 426 g/mol. The summed E-state index contributed by atoms with van der Waals surface area (Å²) in [4.78, 5) is 0. The van der Waals surface area contributed by atoms with Crippen molar-refractivity contribution in [2.45, 2.75) is 6.92 Å². The van der Waals surface area contributed by atoms with Crippen molar-refractivity contribution in [1.82, 2.24) is 0 Å². The summed E-state index contributed by atoms with van der Waals surface area (Å²) in [5, 5.41) is 14.3. The first-order chi connectivity index (χ1) is 16.2. The molecule has 0 saturated carbocycles. The first-order valence-electron chi connectivity index (χ1n) is 11.0. The highest BCUT2D eigenvalue weighted by Crippen LogP contribution is 2.43. The minimum absolute atomic E-state index is 0.612. The lowest BCUT2D eigenvalue weighted by Gasteiger charge is -2.09. The van der Waals surface area contributed by atoms with Crippen molar-refractivity contribution in [2.24, 2.45) is 7.05 Å². The summed E-state index contributed by atoms with van der Waals surface area (Å²) in [6, 6.07) is 31.3. The summed E-state index contributed by atoms with van der Waals surface area (Å²) in [5.74, 6) is 0. The van der Waals surface area contributed by atoms with Crippen LogP contribution in [-0.4, -0.2) is 0 Å². The number of aromatic nitrogens is 1. The van der Waals surface area contributed by atoms with E-state index < -0.39 is 0 Å². The number of aryl methyl sites for hydroxylation is 2. The first kappa shape index (κ1) is 19.3. The fraction of sp³-hybridized carbons (Fsp3) is 0.0667. The maximum absolute atomic E-state index is 10.0. The van der Waals surface area contributed by atoms with Crippen LogP contribution in [0.25, 0.3) is 55.1 Å². The van der Waals surface area contributed by atoms with E-state index in [1.807, 2.05) is 55.7 Å². The molecule has 0 bridgehead atoms. The van der Waals surface area contributed by atoms with E-state index in [4.69, 9.17) is 4.42 Å². The van der Waals surface area contributed by atoms with Crippen LogP contribution in [0.3, 0.4) is 0 Å². The second kappa shape index (κ2) is 7.32. The third-order valence-electron chi connectivity index (χ3n) is 6.51. The third kappa shape index (κ3) is 2.85. The molecule has 3 nitrogen and oxygen atoms in total. The highest BCUT2D eigenvalue weighted by molar-refractivity contribution is 6.15. The SMILES string of the molecule is Cc1ccc2c(oc3c(-c4cccc5ccccc45)c(C#N)ccc32)c1-c1cccc[n+]1C. The topological polar surface area (TPSA) is 40.8 Å². The zero-order valence-electron chi connectivity index (χ0n) is 18.5. The fourth-order valence-corrected chi connectivity index (χ4v) is 4.91. The van der Waals surface area contributed by atoms with Crippen molar-refractivity contribution in [2.75, 3.05) is 0 Å². The van der Waals surface area contributed by atoms with Crippen LogP contribution in [0.15, 0.2) is 95.5 Å². The van der Waals surface area contributed by atoms with Crippen LogP contribution in [0.1, 0.15) is 11.1 Å². The van der Waals surface area contributed by atoms with Gasteiger partial charge in [0.1, 0.15) is 18.2 Å². The van der Waals surface area contributed by atoms with E-state index in [0.29, 0.717) is 5.56 Å². The van der Waals surface area contributed by atoms with E-state index in [1.165, 1.54) is 0 Å². The summed E-state index contributed by atoms with van der Waals surface area (Å²) in [5.41, 5.74) is 7.40. The number of furan rings is 1. The molecule has 156 valence electrons. The Morgan fingerprint density at radius 1 is 0.727 bits per heavy atom. The highest BCUT2D eigenvalue weighted by atomic mass is 16.3. The lowest BCUT2D eigenvalue weighted by atomic mass is 9.93. The smallest absolute Gasteiger partial charge is 0.216 e. The van der Waals surface area contributed by atoms with E-state index in [2.05, 4.69) is 60.0 Å². The van der Waals surface area contributed by atoms with Crippen molar-refractivity contribution in [3.05, 3.63) is 102 Å². The molecule has 4 aromatic carbocycles. The van der Waals surface area contributed by atoms with Gasteiger partial charge in [0, 0.05) is 28.5 Å². The Morgan fingerprint density at radius 2 is 1.45 bits per heavy atom. The molecule has 0 N–H and O–H groups in total. The van der Waals surface area contributed by atoms with Crippen molar-refractivity contribution in [3.8, 4) is 28.5 Å². The van der Waals surface area contributed by atoms with E-state index in [0.717, 1.165) is 60.7 Å². The van der Waals surface area contributed by atoms with E-state index in [9.17, 15) is 5.26 Å². The van der Waals surface area contributed by atoms with Gasteiger partial charge >= 0.3 is 0 Å². The van der Waals surface area contributed by atoms with Crippen LogP contribution < -0.4 is 4.57 Å². The second-order valence-corrected chi connectivity index (χ2v) is 8.44. The molecule has 0 aliphatic rings. The lowest BCUT2D eigenvalue weighted by Crippen LogP contribution is -2.30. The van der Waals surface area contributed by atoms with Crippen LogP contribution in [0.5, 0.6) is 0 Å². The van der Waals surface area contributed by atoms with Gasteiger partial charge in [0.25, 0.3) is 0 Å². The normalized spacial score (nSPS) is 11.3. The maximum atomic E-state index is 10.0. The third-order valence-corrected chi connectivity index (χ3v) is 6.51. The van der Waals surface area contributed by atoms with Gasteiger partial charge in [-0.15, -0.1) is 0 Å². The Labute approximate surface area is 191 Å². The molecule has 0 spiro atoms. The summed E-state index contributed by atoms with van der Waals surface area (Å²) in [6.07, 6.45) is 2.05. The molecule has 0 amide bonds. The number of hydrogen-bond donors (Lipinski definition) is 0. The van der Waals surface area contributed by atoms with Gasteiger partial charge in [-0.25, -0.2) is 4.57 Å². The Morgan fingerprint density at radius 3 is 2.27 bits per heavy atom. The van der Waals surface area contributed by atoms with Gasteiger partial charge in [0.05, 0.1) is 17.2 Å². The molecule has 6 aromatic rings. The lowest BCUT2D eigenvalue weighted by molar-refractivity contribution is -0.660. The zero-order valence-corrected chi connectivity index (χ0v) is 18.5. The Hall–Kier alpha value is -4.42.